The lowest BCUT2D eigenvalue weighted by Gasteiger charge is -2.27. The minimum Gasteiger partial charge on any atom is -0.468 e. The number of carbonyl (C=O) groups is 4. The summed E-state index contributed by atoms with van der Waals surface area (Å²) in [5, 5.41) is 0. The molecule has 3 atom stereocenters. The highest BCUT2D eigenvalue weighted by molar-refractivity contribution is 5.81. The molecule has 1 aromatic carbocycles. The lowest BCUT2D eigenvalue weighted by Crippen LogP contribution is -2.51. The molecule has 0 aromatic heterocycles. The van der Waals surface area contributed by atoms with E-state index in [1.54, 1.807) is 33.8 Å². The van der Waals surface area contributed by atoms with Crippen LogP contribution < -0.4 is 15.2 Å². The predicted octanol–water partition coefficient (Wildman–Crippen LogP) is 3.59. The van der Waals surface area contributed by atoms with Gasteiger partial charge in [0.15, 0.2) is 11.5 Å². The number of benzene rings is 1. The Morgan fingerprint density at radius 2 is 1.43 bits per heavy atom. The van der Waals surface area contributed by atoms with Gasteiger partial charge in [0.25, 0.3) is 0 Å². The number of hydrogen-bond acceptors (Lipinski definition) is 9. The van der Waals surface area contributed by atoms with E-state index in [1.165, 1.54) is 19.2 Å². The second-order valence-electron chi connectivity index (χ2n) is 9.14. The van der Waals surface area contributed by atoms with Crippen molar-refractivity contribution in [2.45, 2.75) is 72.8 Å². The zero-order valence-corrected chi connectivity index (χ0v) is 21.8. The molecular weight excluding hydrogens is 454 g/mol. The van der Waals surface area contributed by atoms with E-state index in [-0.39, 0.29) is 48.7 Å². The third-order valence-electron chi connectivity index (χ3n) is 5.83. The monoisotopic (exact) mass is 493 g/mol. The van der Waals surface area contributed by atoms with Gasteiger partial charge in [-0.2, -0.15) is 0 Å². The average molecular weight is 494 g/mol. The Morgan fingerprint density at radius 1 is 0.886 bits per heavy atom. The van der Waals surface area contributed by atoms with Crippen molar-refractivity contribution in [2.24, 2.45) is 23.5 Å². The van der Waals surface area contributed by atoms with E-state index < -0.39 is 29.4 Å². The van der Waals surface area contributed by atoms with E-state index in [4.69, 9.17) is 24.7 Å². The largest absolute Gasteiger partial charge is 0.468 e. The molecule has 0 aliphatic rings. The summed E-state index contributed by atoms with van der Waals surface area (Å²) in [7, 11) is 1.22. The van der Waals surface area contributed by atoms with Crippen LogP contribution in [0.4, 0.5) is 0 Å². The van der Waals surface area contributed by atoms with E-state index in [0.717, 1.165) is 0 Å². The van der Waals surface area contributed by atoms with Crippen molar-refractivity contribution in [2.75, 3.05) is 13.7 Å². The second kappa shape index (κ2) is 13.8. The van der Waals surface area contributed by atoms with Crippen molar-refractivity contribution < 1.29 is 38.1 Å². The summed E-state index contributed by atoms with van der Waals surface area (Å²) in [5.74, 6) is -2.85. The van der Waals surface area contributed by atoms with Gasteiger partial charge in [0, 0.05) is 12.8 Å². The standard InChI is InChI=1S/C26H39NO8/c1-8-17(5)23(29)34-20-11-10-19(14-21(20)35-24(30)18(6)9-2)15-26(27,25(31)32-7)12-13-33-22(28)16(3)4/h10-11,14,16-18H,8-9,12-13,15,27H2,1-7H3. The molecular formula is C26H39NO8. The summed E-state index contributed by atoms with van der Waals surface area (Å²) in [6.45, 7) is 10.5. The lowest BCUT2D eigenvalue weighted by atomic mass is 9.88. The number of esters is 4. The molecule has 0 aliphatic heterocycles. The molecule has 35 heavy (non-hydrogen) atoms. The van der Waals surface area contributed by atoms with Gasteiger partial charge in [-0.05, 0) is 30.5 Å². The molecule has 3 unspecified atom stereocenters. The molecule has 0 fully saturated rings. The zero-order valence-electron chi connectivity index (χ0n) is 21.8. The molecule has 0 radical (unpaired) electrons. The smallest absolute Gasteiger partial charge is 0.326 e. The minimum atomic E-state index is -1.50. The van der Waals surface area contributed by atoms with E-state index in [9.17, 15) is 19.2 Å². The van der Waals surface area contributed by atoms with Crippen molar-refractivity contribution in [1.82, 2.24) is 0 Å². The fraction of sp³-hybridized carbons (Fsp3) is 0.615. The Kier molecular flexibility index (Phi) is 11.9. The highest BCUT2D eigenvalue weighted by atomic mass is 16.6. The predicted molar refractivity (Wildman–Crippen MR) is 130 cm³/mol. The van der Waals surface area contributed by atoms with Gasteiger partial charge in [0.2, 0.25) is 0 Å². The SMILES string of the molecule is CCC(C)C(=O)Oc1ccc(CC(N)(CCOC(=O)C(C)C)C(=O)OC)cc1OC(=O)C(C)CC. The molecule has 0 aliphatic carbocycles. The molecule has 0 bridgehead atoms. The highest BCUT2D eigenvalue weighted by Gasteiger charge is 2.36. The first kappa shape index (κ1) is 30.1. The number of ether oxygens (including phenoxy) is 4. The van der Waals surface area contributed by atoms with Gasteiger partial charge in [-0.15, -0.1) is 0 Å². The van der Waals surface area contributed by atoms with Gasteiger partial charge >= 0.3 is 23.9 Å². The molecule has 1 rings (SSSR count). The molecule has 9 nitrogen and oxygen atoms in total. The first-order valence-corrected chi connectivity index (χ1v) is 12.0. The van der Waals surface area contributed by atoms with E-state index in [0.29, 0.717) is 18.4 Å². The number of nitrogens with two attached hydrogens (primary N) is 1. The summed E-state index contributed by atoms with van der Waals surface area (Å²) < 4.78 is 21.1. The molecule has 0 heterocycles. The van der Waals surface area contributed by atoms with Crippen LogP contribution in [0.1, 0.15) is 66.4 Å². The third kappa shape index (κ3) is 8.98. The van der Waals surface area contributed by atoms with Crippen LogP contribution in [0, 0.1) is 17.8 Å². The first-order valence-electron chi connectivity index (χ1n) is 12.0. The number of carbonyl (C=O) groups excluding carboxylic acids is 4. The van der Waals surface area contributed by atoms with E-state index >= 15 is 0 Å². The number of methoxy groups -OCH3 is 1. The Labute approximate surface area is 207 Å². The van der Waals surface area contributed by atoms with Gasteiger partial charge in [-0.25, -0.2) is 0 Å². The average Bonchev–Trinajstić information content (AvgIpc) is 2.83. The van der Waals surface area contributed by atoms with Crippen LogP contribution in [-0.4, -0.2) is 43.1 Å². The maximum atomic E-state index is 12.5. The van der Waals surface area contributed by atoms with Crippen LogP contribution in [-0.2, 0) is 35.1 Å². The maximum absolute atomic E-state index is 12.5. The summed E-state index contributed by atoms with van der Waals surface area (Å²) in [4.78, 5) is 49.1. The summed E-state index contributed by atoms with van der Waals surface area (Å²) in [6.07, 6.45) is 1.19. The van der Waals surface area contributed by atoms with Crippen LogP contribution >= 0.6 is 0 Å². The fourth-order valence-corrected chi connectivity index (χ4v) is 2.91. The molecule has 2 N–H and O–H groups in total. The normalized spacial score (nSPS) is 14.4. The second-order valence-corrected chi connectivity index (χ2v) is 9.14. The van der Waals surface area contributed by atoms with Gasteiger partial charge < -0.3 is 24.7 Å². The van der Waals surface area contributed by atoms with Crippen molar-refractivity contribution in [3.8, 4) is 11.5 Å². The van der Waals surface area contributed by atoms with Gasteiger partial charge in [-0.1, -0.05) is 47.6 Å². The molecule has 0 saturated heterocycles. The number of rotatable bonds is 13. The fourth-order valence-electron chi connectivity index (χ4n) is 2.91. The number of hydrogen-bond donors (Lipinski definition) is 1. The maximum Gasteiger partial charge on any atom is 0.326 e. The molecule has 0 amide bonds. The van der Waals surface area contributed by atoms with Gasteiger partial charge in [0.1, 0.15) is 5.54 Å². The van der Waals surface area contributed by atoms with Crippen LogP contribution in [0.25, 0.3) is 0 Å². The Bertz CT molecular complexity index is 897. The van der Waals surface area contributed by atoms with Crippen LogP contribution in [0.15, 0.2) is 18.2 Å². The van der Waals surface area contributed by atoms with E-state index in [2.05, 4.69) is 0 Å². The third-order valence-corrected chi connectivity index (χ3v) is 5.83. The topological polar surface area (TPSA) is 131 Å². The molecule has 9 heteroatoms. The zero-order chi connectivity index (χ0) is 26.8. The van der Waals surface area contributed by atoms with E-state index in [1.807, 2.05) is 13.8 Å². The van der Waals surface area contributed by atoms with Crippen LogP contribution in [0.2, 0.25) is 0 Å². The minimum absolute atomic E-state index is 0.00632. The summed E-state index contributed by atoms with van der Waals surface area (Å²) >= 11 is 0. The van der Waals surface area contributed by atoms with Crippen LogP contribution in [0.3, 0.4) is 0 Å². The Morgan fingerprint density at radius 3 is 1.91 bits per heavy atom. The first-order chi connectivity index (χ1) is 16.4. The molecule has 0 spiro atoms. The van der Waals surface area contributed by atoms with Crippen molar-refractivity contribution in [1.29, 1.82) is 0 Å². The summed E-state index contributed by atoms with van der Waals surface area (Å²) in [5.41, 5.74) is 5.43. The van der Waals surface area contributed by atoms with Crippen molar-refractivity contribution in [3.63, 3.8) is 0 Å². The summed E-state index contributed by atoms with van der Waals surface area (Å²) in [6, 6.07) is 4.65. The van der Waals surface area contributed by atoms with Crippen molar-refractivity contribution >= 4 is 23.9 Å². The molecule has 196 valence electrons. The Balaban J connectivity index is 3.24. The van der Waals surface area contributed by atoms with Crippen LogP contribution in [0.5, 0.6) is 11.5 Å². The molecule has 1 aromatic rings. The Hall–Kier alpha value is -2.94. The quantitative estimate of drug-likeness (QED) is 0.323. The van der Waals surface area contributed by atoms with Gasteiger partial charge in [-0.3, -0.25) is 19.2 Å². The lowest BCUT2D eigenvalue weighted by molar-refractivity contribution is -0.152. The molecule has 0 saturated carbocycles. The highest BCUT2D eigenvalue weighted by Crippen LogP contribution is 2.32. The van der Waals surface area contributed by atoms with Crippen molar-refractivity contribution in [3.05, 3.63) is 23.8 Å². The van der Waals surface area contributed by atoms with Gasteiger partial charge in [0.05, 0.1) is 31.5 Å².